The Bertz CT molecular complexity index is 1060. The molecule has 1 saturated heterocycles. The summed E-state index contributed by atoms with van der Waals surface area (Å²) in [5.41, 5.74) is 2.58. The molecule has 2 aromatic carbocycles. The molecule has 1 aromatic heterocycles. The topological polar surface area (TPSA) is 82.2 Å². The lowest BCUT2D eigenvalue weighted by atomic mass is 10.1. The van der Waals surface area contributed by atoms with Gasteiger partial charge in [0.05, 0.1) is 6.20 Å². The second-order valence-corrected chi connectivity index (χ2v) is 7.09. The highest BCUT2D eigenvalue weighted by atomic mass is 19.1. The zero-order chi connectivity index (χ0) is 23.6. The van der Waals surface area contributed by atoms with Crippen LogP contribution in [0.15, 0.2) is 48.7 Å². The maximum atomic E-state index is 13.9. The molecule has 3 N–H and O–H groups in total. The van der Waals surface area contributed by atoms with Gasteiger partial charge >= 0.3 is 0 Å². The average molecular weight is 455 g/mol. The number of amides is 1. The number of carbonyl (C=O) groups is 1. The van der Waals surface area contributed by atoms with E-state index in [2.05, 4.69) is 30.8 Å². The van der Waals surface area contributed by atoms with E-state index >= 15 is 0 Å². The van der Waals surface area contributed by atoms with Gasteiger partial charge in [-0.3, -0.25) is 4.79 Å². The number of piperazine rings is 1. The summed E-state index contributed by atoms with van der Waals surface area (Å²) < 4.78 is 27.1. The largest absolute Gasteiger partial charge is 0.369 e. The van der Waals surface area contributed by atoms with E-state index in [4.69, 9.17) is 0 Å². The van der Waals surface area contributed by atoms with Crippen molar-refractivity contribution in [2.75, 3.05) is 41.7 Å². The minimum Gasteiger partial charge on any atom is -0.369 e. The molecule has 0 radical (unpaired) electrons. The molecule has 0 atom stereocenters. The van der Waals surface area contributed by atoms with E-state index in [0.29, 0.717) is 23.7 Å². The third-order valence-electron chi connectivity index (χ3n) is 5.07. The molecule has 0 saturated carbocycles. The molecule has 7 nitrogen and oxygen atoms in total. The Labute approximate surface area is 192 Å². The summed E-state index contributed by atoms with van der Waals surface area (Å²) in [6.07, 6.45) is 2.01. The van der Waals surface area contributed by atoms with Crippen LogP contribution < -0.4 is 20.9 Å². The van der Waals surface area contributed by atoms with Crippen LogP contribution >= 0.6 is 0 Å². The predicted octanol–water partition coefficient (Wildman–Crippen LogP) is 4.04. The highest BCUT2D eigenvalue weighted by Gasteiger charge is 2.13. The molecule has 1 amide bonds. The van der Waals surface area contributed by atoms with E-state index in [1.165, 1.54) is 18.3 Å². The van der Waals surface area contributed by atoms with Gasteiger partial charge in [0.2, 0.25) is 6.41 Å². The number of carbonyl (C=O) groups excluding carboxylic acids is 1. The summed E-state index contributed by atoms with van der Waals surface area (Å²) in [6.45, 7) is 7.89. The van der Waals surface area contributed by atoms with Crippen molar-refractivity contribution in [3.8, 4) is 11.4 Å². The highest BCUT2D eigenvalue weighted by molar-refractivity contribution is 5.79. The van der Waals surface area contributed by atoms with E-state index in [-0.39, 0.29) is 12.1 Å². The zero-order valence-corrected chi connectivity index (χ0v) is 18.7. The van der Waals surface area contributed by atoms with Crippen LogP contribution in [-0.2, 0) is 11.3 Å². The molecule has 1 fully saturated rings. The van der Waals surface area contributed by atoms with Gasteiger partial charge in [0.1, 0.15) is 17.3 Å². The molecule has 2 heterocycles. The molecule has 4 rings (SSSR count). The molecule has 1 aliphatic rings. The van der Waals surface area contributed by atoms with Gasteiger partial charge in [-0.1, -0.05) is 19.9 Å². The van der Waals surface area contributed by atoms with Crippen LogP contribution in [0.3, 0.4) is 0 Å². The highest BCUT2D eigenvalue weighted by Crippen LogP contribution is 2.25. The Balaban J connectivity index is 0.00000149. The summed E-state index contributed by atoms with van der Waals surface area (Å²) in [6, 6.07) is 11.3. The second kappa shape index (κ2) is 11.9. The maximum Gasteiger partial charge on any atom is 0.211 e. The van der Waals surface area contributed by atoms with E-state index in [9.17, 15) is 13.6 Å². The minimum atomic E-state index is -0.657. The average Bonchev–Trinajstić information content (AvgIpc) is 2.86. The number of benzene rings is 2. The Morgan fingerprint density at radius 3 is 2.48 bits per heavy atom. The molecule has 1 aliphatic heterocycles. The first-order chi connectivity index (χ1) is 16.1. The lowest BCUT2D eigenvalue weighted by molar-refractivity contribution is -0.105. The Morgan fingerprint density at radius 2 is 1.82 bits per heavy atom. The predicted molar refractivity (Wildman–Crippen MR) is 127 cm³/mol. The summed E-state index contributed by atoms with van der Waals surface area (Å²) in [5.74, 6) is -0.495. The van der Waals surface area contributed by atoms with Crippen molar-refractivity contribution in [2.45, 2.75) is 20.4 Å². The first-order valence-electron chi connectivity index (χ1n) is 10.9. The van der Waals surface area contributed by atoms with Gasteiger partial charge in [-0.2, -0.15) is 0 Å². The number of aromatic nitrogens is 2. The Kier molecular flexibility index (Phi) is 8.65. The summed E-state index contributed by atoms with van der Waals surface area (Å²) in [4.78, 5) is 22.1. The van der Waals surface area contributed by atoms with Gasteiger partial charge < -0.3 is 20.9 Å². The molecule has 0 spiro atoms. The smallest absolute Gasteiger partial charge is 0.211 e. The van der Waals surface area contributed by atoms with Crippen molar-refractivity contribution in [3.05, 3.63) is 65.9 Å². The van der Waals surface area contributed by atoms with Crippen LogP contribution in [0.25, 0.3) is 11.4 Å². The monoisotopic (exact) mass is 454 g/mol. The number of hydrogen-bond donors (Lipinski definition) is 3. The molecular formula is C24H28F2N6O. The maximum absolute atomic E-state index is 13.9. The van der Waals surface area contributed by atoms with E-state index in [1.54, 1.807) is 0 Å². The molecule has 3 aromatic rings. The standard InChI is InChI=1S/C22H22F2N6O.C2H6/c23-17-4-1-16(19(24)11-17)12-26-22-20(28-14-31)13-27-21(29-22)15-2-5-18(6-3-15)30-9-7-25-8-10-30;1-2/h1-6,11,13-14,25H,7-10,12H2,(H,28,31)(H,26,27,29);1-2H3. The molecule has 0 unspecified atom stereocenters. The van der Waals surface area contributed by atoms with Gasteiger partial charge in [0.25, 0.3) is 0 Å². The fraction of sp³-hybridized carbons (Fsp3) is 0.292. The van der Waals surface area contributed by atoms with Crippen LogP contribution in [0, 0.1) is 11.6 Å². The number of halogens is 2. The molecule has 174 valence electrons. The van der Waals surface area contributed by atoms with Crippen molar-refractivity contribution >= 4 is 23.6 Å². The normalized spacial score (nSPS) is 13.0. The number of nitrogens with zero attached hydrogens (tertiary/aromatic N) is 3. The first kappa shape index (κ1) is 24.1. The number of anilines is 3. The van der Waals surface area contributed by atoms with Crippen LogP contribution in [0.4, 0.5) is 26.0 Å². The van der Waals surface area contributed by atoms with Crippen molar-refractivity contribution in [1.82, 2.24) is 15.3 Å². The quantitative estimate of drug-likeness (QED) is 0.468. The van der Waals surface area contributed by atoms with Gasteiger partial charge in [0, 0.05) is 55.6 Å². The minimum absolute atomic E-state index is 0.0675. The van der Waals surface area contributed by atoms with Crippen molar-refractivity contribution in [1.29, 1.82) is 0 Å². The molecular weight excluding hydrogens is 426 g/mol. The molecule has 0 aliphatic carbocycles. The lowest BCUT2D eigenvalue weighted by Crippen LogP contribution is -2.43. The van der Waals surface area contributed by atoms with E-state index in [1.807, 2.05) is 38.1 Å². The first-order valence-corrected chi connectivity index (χ1v) is 10.9. The van der Waals surface area contributed by atoms with E-state index < -0.39 is 11.6 Å². The SMILES string of the molecule is CC.O=CNc1cnc(-c2ccc(N3CCNCC3)cc2)nc1NCc1ccc(F)cc1F. The Hall–Kier alpha value is -3.59. The summed E-state index contributed by atoms with van der Waals surface area (Å²) in [7, 11) is 0. The molecule has 33 heavy (non-hydrogen) atoms. The van der Waals surface area contributed by atoms with Crippen molar-refractivity contribution in [3.63, 3.8) is 0 Å². The summed E-state index contributed by atoms with van der Waals surface area (Å²) >= 11 is 0. The van der Waals surface area contributed by atoms with Crippen LogP contribution in [-0.4, -0.2) is 42.6 Å². The van der Waals surface area contributed by atoms with Crippen LogP contribution in [0.5, 0.6) is 0 Å². The third kappa shape index (κ3) is 6.23. The Morgan fingerprint density at radius 1 is 1.09 bits per heavy atom. The van der Waals surface area contributed by atoms with Crippen LogP contribution in [0.2, 0.25) is 0 Å². The molecule has 0 bridgehead atoms. The summed E-state index contributed by atoms with van der Waals surface area (Å²) in [5, 5.41) is 8.86. The number of nitrogens with one attached hydrogen (secondary N) is 3. The van der Waals surface area contributed by atoms with Gasteiger partial charge in [-0.05, 0) is 30.3 Å². The van der Waals surface area contributed by atoms with Crippen molar-refractivity contribution < 1.29 is 13.6 Å². The van der Waals surface area contributed by atoms with Crippen molar-refractivity contribution in [2.24, 2.45) is 0 Å². The van der Waals surface area contributed by atoms with Gasteiger partial charge in [0.15, 0.2) is 11.6 Å². The zero-order valence-electron chi connectivity index (χ0n) is 18.7. The second-order valence-electron chi connectivity index (χ2n) is 7.09. The number of rotatable bonds is 7. The fourth-order valence-corrected chi connectivity index (χ4v) is 3.41. The van der Waals surface area contributed by atoms with Gasteiger partial charge in [-0.15, -0.1) is 0 Å². The lowest BCUT2D eigenvalue weighted by Gasteiger charge is -2.29. The van der Waals surface area contributed by atoms with E-state index in [0.717, 1.165) is 43.5 Å². The molecule has 9 heteroatoms. The fourth-order valence-electron chi connectivity index (χ4n) is 3.41. The third-order valence-corrected chi connectivity index (χ3v) is 5.07. The van der Waals surface area contributed by atoms with Crippen LogP contribution in [0.1, 0.15) is 19.4 Å². The number of hydrogen-bond acceptors (Lipinski definition) is 6. The van der Waals surface area contributed by atoms with Gasteiger partial charge in [-0.25, -0.2) is 18.7 Å².